The maximum atomic E-state index is 10.7. The minimum atomic E-state index is -0.490. The molecule has 19 heavy (non-hydrogen) atoms. The highest BCUT2D eigenvalue weighted by atomic mass is 32.1. The van der Waals surface area contributed by atoms with Gasteiger partial charge in [0.1, 0.15) is 5.75 Å². The minimum absolute atomic E-state index is 0.0658. The van der Waals surface area contributed by atoms with Crippen LogP contribution in [0, 0.1) is 17.0 Å². The molecule has 0 aliphatic rings. The summed E-state index contributed by atoms with van der Waals surface area (Å²) in [6, 6.07) is 4.25. The molecule has 0 unspecified atom stereocenters. The van der Waals surface area contributed by atoms with Crippen LogP contribution in [0.3, 0.4) is 0 Å². The second-order valence-corrected chi connectivity index (χ2v) is 4.92. The van der Waals surface area contributed by atoms with Crippen LogP contribution in [-0.4, -0.2) is 16.5 Å². The highest BCUT2D eigenvalue weighted by Crippen LogP contribution is 2.24. The Morgan fingerprint density at radius 1 is 1.47 bits per heavy atom. The first kappa shape index (κ1) is 13.3. The number of non-ortho nitro benzene ring substituents is 1. The Bertz CT molecular complexity index is 598. The van der Waals surface area contributed by atoms with Crippen molar-refractivity contribution in [3.63, 3.8) is 0 Å². The number of aryl methyl sites for hydroxylation is 1. The van der Waals surface area contributed by atoms with E-state index in [1.54, 1.807) is 22.9 Å². The van der Waals surface area contributed by atoms with Crippen molar-refractivity contribution in [2.45, 2.75) is 13.3 Å². The van der Waals surface area contributed by atoms with Gasteiger partial charge in [-0.3, -0.25) is 10.1 Å². The number of nitrogens with two attached hydrogens (primary N) is 1. The number of nitro benzene ring substituents is 1. The molecule has 0 saturated carbocycles. The quantitative estimate of drug-likeness (QED) is 0.516. The molecule has 2 rings (SSSR count). The molecule has 0 aliphatic carbocycles. The summed E-state index contributed by atoms with van der Waals surface area (Å²) >= 11 is 1.57. The lowest BCUT2D eigenvalue weighted by Gasteiger charge is -2.06. The summed E-state index contributed by atoms with van der Waals surface area (Å²) < 4.78 is 5.50. The monoisotopic (exact) mass is 279 g/mol. The smallest absolute Gasteiger partial charge is 0.275 e. The average molecular weight is 279 g/mol. The fraction of sp³-hybridized carbons (Fsp3) is 0.250. The topological polar surface area (TPSA) is 91.3 Å². The predicted octanol–water partition coefficient (Wildman–Crippen LogP) is 2.56. The predicted molar refractivity (Wildman–Crippen MR) is 73.6 cm³/mol. The molecular formula is C12H13N3O3S. The van der Waals surface area contributed by atoms with Gasteiger partial charge in [-0.2, -0.15) is 0 Å². The summed E-state index contributed by atoms with van der Waals surface area (Å²) in [6.07, 6.45) is 0.721. The van der Waals surface area contributed by atoms with E-state index in [1.165, 1.54) is 12.1 Å². The minimum Gasteiger partial charge on any atom is -0.493 e. The van der Waals surface area contributed by atoms with Crippen molar-refractivity contribution in [3.8, 4) is 5.75 Å². The number of hydrogen-bond acceptors (Lipinski definition) is 6. The Kier molecular flexibility index (Phi) is 3.96. The zero-order valence-electron chi connectivity index (χ0n) is 10.3. The van der Waals surface area contributed by atoms with Gasteiger partial charge in [0.25, 0.3) is 5.69 Å². The van der Waals surface area contributed by atoms with E-state index >= 15 is 0 Å². The molecule has 0 fully saturated rings. The standard InChI is InChI=1S/C12H13N3O3S/c1-8-12(19-7-14-8)2-3-18-11-5-9(13)4-10(6-11)15(16)17/h4-7H,2-3,13H2,1H3. The third kappa shape index (κ3) is 3.41. The van der Waals surface area contributed by atoms with Crippen LogP contribution in [0.4, 0.5) is 11.4 Å². The lowest BCUT2D eigenvalue weighted by molar-refractivity contribution is -0.384. The van der Waals surface area contributed by atoms with Crippen molar-refractivity contribution in [3.05, 3.63) is 44.4 Å². The van der Waals surface area contributed by atoms with Crippen LogP contribution in [0.2, 0.25) is 0 Å². The molecular weight excluding hydrogens is 266 g/mol. The van der Waals surface area contributed by atoms with Crippen LogP contribution in [0.1, 0.15) is 10.6 Å². The Morgan fingerprint density at radius 3 is 2.89 bits per heavy atom. The van der Waals surface area contributed by atoms with Crippen LogP contribution in [0.15, 0.2) is 23.7 Å². The third-order valence-electron chi connectivity index (χ3n) is 2.57. The highest BCUT2D eigenvalue weighted by molar-refractivity contribution is 7.09. The normalized spacial score (nSPS) is 10.4. The molecule has 6 nitrogen and oxygen atoms in total. The van der Waals surface area contributed by atoms with E-state index in [9.17, 15) is 10.1 Å². The van der Waals surface area contributed by atoms with E-state index in [0.29, 0.717) is 18.0 Å². The lowest BCUT2D eigenvalue weighted by atomic mass is 10.2. The molecule has 0 atom stereocenters. The first-order valence-corrected chi connectivity index (χ1v) is 6.51. The first-order chi connectivity index (χ1) is 9.06. The Hall–Kier alpha value is -2.15. The number of hydrogen-bond donors (Lipinski definition) is 1. The van der Waals surface area contributed by atoms with Gasteiger partial charge >= 0.3 is 0 Å². The van der Waals surface area contributed by atoms with Crippen molar-refractivity contribution >= 4 is 22.7 Å². The van der Waals surface area contributed by atoms with Gasteiger partial charge in [-0.05, 0) is 6.92 Å². The van der Waals surface area contributed by atoms with E-state index in [-0.39, 0.29) is 5.69 Å². The molecule has 0 radical (unpaired) electrons. The number of nitrogens with zero attached hydrogens (tertiary/aromatic N) is 2. The summed E-state index contributed by atoms with van der Waals surface area (Å²) in [4.78, 5) is 15.5. The fourth-order valence-corrected chi connectivity index (χ4v) is 2.38. The number of rotatable bonds is 5. The average Bonchev–Trinajstić information content (AvgIpc) is 2.74. The van der Waals surface area contributed by atoms with Gasteiger partial charge < -0.3 is 10.5 Å². The van der Waals surface area contributed by atoms with Gasteiger partial charge in [0.15, 0.2) is 0 Å². The zero-order chi connectivity index (χ0) is 13.8. The number of aromatic nitrogens is 1. The van der Waals surface area contributed by atoms with Crippen LogP contribution >= 0.6 is 11.3 Å². The summed E-state index contributed by atoms with van der Waals surface area (Å²) in [5.74, 6) is 0.411. The molecule has 1 heterocycles. The van der Waals surface area contributed by atoms with Gasteiger partial charge in [0, 0.05) is 29.1 Å². The zero-order valence-corrected chi connectivity index (χ0v) is 11.1. The molecule has 0 aliphatic heterocycles. The van der Waals surface area contributed by atoms with E-state index in [1.807, 2.05) is 6.92 Å². The summed E-state index contributed by atoms with van der Waals surface area (Å²) in [6.45, 7) is 2.38. The maximum absolute atomic E-state index is 10.7. The van der Waals surface area contributed by atoms with Crippen LogP contribution in [-0.2, 0) is 6.42 Å². The lowest BCUT2D eigenvalue weighted by Crippen LogP contribution is -2.02. The summed E-state index contributed by atoms with van der Waals surface area (Å²) in [7, 11) is 0. The van der Waals surface area contributed by atoms with Crippen LogP contribution in [0.25, 0.3) is 0 Å². The largest absolute Gasteiger partial charge is 0.493 e. The van der Waals surface area contributed by atoms with Gasteiger partial charge in [0.05, 0.1) is 28.8 Å². The van der Waals surface area contributed by atoms with E-state index in [0.717, 1.165) is 17.0 Å². The third-order valence-corrected chi connectivity index (χ3v) is 3.56. The molecule has 0 saturated heterocycles. The Morgan fingerprint density at radius 2 is 2.26 bits per heavy atom. The van der Waals surface area contributed by atoms with Gasteiger partial charge in [-0.1, -0.05) is 0 Å². The van der Waals surface area contributed by atoms with Crippen molar-refractivity contribution in [1.29, 1.82) is 0 Å². The van der Waals surface area contributed by atoms with Gasteiger partial charge in [-0.15, -0.1) is 11.3 Å². The van der Waals surface area contributed by atoms with Crippen molar-refractivity contribution in [1.82, 2.24) is 4.98 Å². The Labute approximate surface area is 114 Å². The van der Waals surface area contributed by atoms with Crippen LogP contribution < -0.4 is 10.5 Å². The molecule has 7 heteroatoms. The molecule has 0 amide bonds. The van der Waals surface area contributed by atoms with Crippen molar-refractivity contribution in [2.24, 2.45) is 0 Å². The molecule has 2 aromatic rings. The summed E-state index contributed by atoms with van der Waals surface area (Å²) in [5.41, 5.74) is 8.63. The van der Waals surface area contributed by atoms with E-state index in [4.69, 9.17) is 10.5 Å². The van der Waals surface area contributed by atoms with Crippen LogP contribution in [0.5, 0.6) is 5.75 Å². The number of anilines is 1. The van der Waals surface area contributed by atoms with Crippen molar-refractivity contribution in [2.75, 3.05) is 12.3 Å². The number of ether oxygens (including phenoxy) is 1. The fourth-order valence-electron chi connectivity index (χ4n) is 1.62. The molecule has 0 bridgehead atoms. The molecule has 0 spiro atoms. The summed E-state index contributed by atoms with van der Waals surface area (Å²) in [5, 5.41) is 10.7. The Balaban J connectivity index is 2.00. The number of nitro groups is 1. The second kappa shape index (κ2) is 5.66. The first-order valence-electron chi connectivity index (χ1n) is 5.63. The molecule has 100 valence electrons. The molecule has 1 aromatic carbocycles. The van der Waals surface area contributed by atoms with Gasteiger partial charge in [0.2, 0.25) is 0 Å². The van der Waals surface area contributed by atoms with Gasteiger partial charge in [-0.25, -0.2) is 4.98 Å². The number of thiazole rings is 1. The van der Waals surface area contributed by atoms with E-state index in [2.05, 4.69) is 4.98 Å². The molecule has 2 N–H and O–H groups in total. The van der Waals surface area contributed by atoms with E-state index < -0.39 is 4.92 Å². The molecule has 1 aromatic heterocycles. The second-order valence-electron chi connectivity index (χ2n) is 3.98. The number of benzene rings is 1. The maximum Gasteiger partial charge on any atom is 0.275 e. The SMILES string of the molecule is Cc1ncsc1CCOc1cc(N)cc([N+](=O)[O-])c1. The number of nitrogen functional groups attached to an aromatic ring is 1. The highest BCUT2D eigenvalue weighted by Gasteiger charge is 2.09. The van der Waals surface area contributed by atoms with Crippen molar-refractivity contribution < 1.29 is 9.66 Å².